The van der Waals surface area contributed by atoms with Crippen molar-refractivity contribution in [3.05, 3.63) is 106 Å². The van der Waals surface area contributed by atoms with Gasteiger partial charge in [-0.05, 0) is 60.7 Å². The lowest BCUT2D eigenvalue weighted by Gasteiger charge is -2.07. The number of fused-ring (bicyclic) bond motifs is 1. The molecule has 35 heavy (non-hydrogen) atoms. The lowest BCUT2D eigenvalue weighted by atomic mass is 10.1. The van der Waals surface area contributed by atoms with Gasteiger partial charge in [-0.1, -0.05) is 41.6 Å². The fourth-order valence-corrected chi connectivity index (χ4v) is 4.62. The van der Waals surface area contributed by atoms with Crippen LogP contribution in [0.25, 0.3) is 27.9 Å². The van der Waals surface area contributed by atoms with Gasteiger partial charge in [0.05, 0.1) is 18.6 Å². The molecule has 0 radical (unpaired) electrons. The maximum absolute atomic E-state index is 13.0. The SMILES string of the molecule is COc1ccc(-c2cn(-c3ccc(Cl)cc3)c(SCC(=O)c3cc4ccccc4oc3=O)n2)cc1. The van der Waals surface area contributed by atoms with E-state index in [1.54, 1.807) is 43.5 Å². The summed E-state index contributed by atoms with van der Waals surface area (Å²) >= 11 is 7.32. The van der Waals surface area contributed by atoms with E-state index < -0.39 is 5.63 Å². The number of Topliss-reactive ketones (excluding diaryl/α,β-unsaturated/α-hetero) is 1. The molecule has 3 aromatic carbocycles. The lowest BCUT2D eigenvalue weighted by molar-refractivity contribution is 0.101. The Balaban J connectivity index is 1.46. The number of hydrogen-bond donors (Lipinski definition) is 0. The Morgan fingerprint density at radius 1 is 1.06 bits per heavy atom. The molecule has 0 spiro atoms. The van der Waals surface area contributed by atoms with Crippen LogP contribution in [-0.2, 0) is 0 Å². The van der Waals surface area contributed by atoms with E-state index in [-0.39, 0.29) is 17.1 Å². The predicted octanol–water partition coefficient (Wildman–Crippen LogP) is 6.28. The van der Waals surface area contributed by atoms with Gasteiger partial charge in [-0.3, -0.25) is 9.36 Å². The van der Waals surface area contributed by atoms with Crippen molar-refractivity contribution in [2.45, 2.75) is 5.16 Å². The molecule has 0 bridgehead atoms. The van der Waals surface area contributed by atoms with Gasteiger partial charge in [-0.15, -0.1) is 0 Å². The second-order valence-corrected chi connectivity index (χ2v) is 9.06. The summed E-state index contributed by atoms with van der Waals surface area (Å²) in [5.41, 5.74) is 2.32. The highest BCUT2D eigenvalue weighted by Crippen LogP contribution is 2.29. The molecule has 0 saturated carbocycles. The molecular weight excluding hydrogens is 484 g/mol. The van der Waals surface area contributed by atoms with E-state index in [2.05, 4.69) is 0 Å². The molecule has 0 saturated heterocycles. The Labute approximate surface area is 210 Å². The van der Waals surface area contributed by atoms with Gasteiger partial charge < -0.3 is 9.15 Å². The van der Waals surface area contributed by atoms with Crippen LogP contribution in [0.3, 0.4) is 0 Å². The average molecular weight is 503 g/mol. The van der Waals surface area contributed by atoms with Crippen molar-refractivity contribution in [1.29, 1.82) is 0 Å². The van der Waals surface area contributed by atoms with E-state index in [9.17, 15) is 9.59 Å². The molecule has 0 amide bonds. The smallest absolute Gasteiger partial charge is 0.347 e. The van der Waals surface area contributed by atoms with Crippen LogP contribution in [0, 0.1) is 0 Å². The first-order valence-electron chi connectivity index (χ1n) is 10.7. The summed E-state index contributed by atoms with van der Waals surface area (Å²) < 4.78 is 12.5. The molecule has 2 aromatic heterocycles. The van der Waals surface area contributed by atoms with Gasteiger partial charge in [0, 0.05) is 27.9 Å². The average Bonchev–Trinajstić information content (AvgIpc) is 3.31. The van der Waals surface area contributed by atoms with E-state index >= 15 is 0 Å². The molecule has 0 unspecified atom stereocenters. The summed E-state index contributed by atoms with van der Waals surface area (Å²) in [6.45, 7) is 0. The zero-order valence-corrected chi connectivity index (χ0v) is 20.2. The molecule has 5 aromatic rings. The normalized spacial score (nSPS) is 11.0. The lowest BCUT2D eigenvalue weighted by Crippen LogP contribution is -2.15. The highest BCUT2D eigenvalue weighted by Gasteiger charge is 2.18. The minimum atomic E-state index is -0.644. The van der Waals surface area contributed by atoms with Gasteiger partial charge in [0.2, 0.25) is 0 Å². The number of benzene rings is 3. The minimum Gasteiger partial charge on any atom is -0.497 e. The van der Waals surface area contributed by atoms with Crippen LogP contribution in [0.2, 0.25) is 5.02 Å². The first-order valence-corrected chi connectivity index (χ1v) is 12.1. The second kappa shape index (κ2) is 9.82. The summed E-state index contributed by atoms with van der Waals surface area (Å²) in [4.78, 5) is 30.2. The van der Waals surface area contributed by atoms with E-state index in [0.29, 0.717) is 21.1 Å². The summed E-state index contributed by atoms with van der Waals surface area (Å²) in [5, 5.41) is 1.93. The first-order chi connectivity index (χ1) is 17.0. The van der Waals surface area contributed by atoms with Gasteiger partial charge in [0.1, 0.15) is 16.9 Å². The monoisotopic (exact) mass is 502 g/mol. The maximum atomic E-state index is 13.0. The topological polar surface area (TPSA) is 74.3 Å². The molecule has 0 N–H and O–H groups in total. The summed E-state index contributed by atoms with van der Waals surface area (Å²) in [6, 6.07) is 23.6. The van der Waals surface area contributed by atoms with Gasteiger partial charge in [0.15, 0.2) is 10.9 Å². The second-order valence-electron chi connectivity index (χ2n) is 7.68. The van der Waals surface area contributed by atoms with Crippen molar-refractivity contribution < 1.29 is 13.9 Å². The number of halogens is 1. The third-order valence-corrected chi connectivity index (χ3v) is 6.64. The number of aromatic nitrogens is 2. The fourth-order valence-electron chi connectivity index (χ4n) is 3.62. The number of methoxy groups -OCH3 is 1. The Hall–Kier alpha value is -3.81. The van der Waals surface area contributed by atoms with Crippen LogP contribution in [0.15, 0.2) is 99.4 Å². The zero-order chi connectivity index (χ0) is 24.4. The zero-order valence-electron chi connectivity index (χ0n) is 18.6. The molecule has 0 aliphatic heterocycles. The van der Waals surface area contributed by atoms with Crippen molar-refractivity contribution >= 4 is 40.1 Å². The number of carbonyl (C=O) groups is 1. The van der Waals surface area contributed by atoms with Crippen molar-refractivity contribution in [3.8, 4) is 22.7 Å². The van der Waals surface area contributed by atoms with E-state index in [1.165, 1.54) is 11.8 Å². The molecule has 0 aliphatic carbocycles. The predicted molar refractivity (Wildman–Crippen MR) is 138 cm³/mol. The molecule has 174 valence electrons. The highest BCUT2D eigenvalue weighted by atomic mass is 35.5. The highest BCUT2D eigenvalue weighted by molar-refractivity contribution is 7.99. The summed E-state index contributed by atoms with van der Waals surface area (Å²) in [6.07, 6.45) is 1.91. The molecule has 5 rings (SSSR count). The minimum absolute atomic E-state index is 0.0236. The number of carbonyl (C=O) groups excluding carboxylic acids is 1. The van der Waals surface area contributed by atoms with Crippen LogP contribution < -0.4 is 10.4 Å². The van der Waals surface area contributed by atoms with E-state index in [1.807, 2.05) is 53.2 Å². The summed E-state index contributed by atoms with van der Waals surface area (Å²) in [5.74, 6) is 0.446. The Bertz CT molecular complexity index is 1570. The Kier molecular flexibility index (Phi) is 6.44. The third kappa shape index (κ3) is 4.87. The Morgan fingerprint density at radius 2 is 1.80 bits per heavy atom. The van der Waals surface area contributed by atoms with E-state index in [0.717, 1.165) is 22.7 Å². The molecule has 6 nitrogen and oxygen atoms in total. The van der Waals surface area contributed by atoms with Crippen LogP contribution in [-0.4, -0.2) is 28.2 Å². The number of ketones is 1. The number of rotatable bonds is 7. The third-order valence-electron chi connectivity index (χ3n) is 5.44. The summed E-state index contributed by atoms with van der Waals surface area (Å²) in [7, 11) is 1.62. The number of ether oxygens (including phenoxy) is 1. The molecule has 2 heterocycles. The number of nitrogens with zero attached hydrogens (tertiary/aromatic N) is 2. The number of thioether (sulfide) groups is 1. The van der Waals surface area contributed by atoms with Crippen LogP contribution in [0.4, 0.5) is 0 Å². The van der Waals surface area contributed by atoms with Crippen LogP contribution in [0.5, 0.6) is 5.75 Å². The van der Waals surface area contributed by atoms with Crippen molar-refractivity contribution in [2.24, 2.45) is 0 Å². The van der Waals surface area contributed by atoms with Gasteiger partial charge in [-0.25, -0.2) is 9.78 Å². The molecule has 0 atom stereocenters. The molecule has 8 heteroatoms. The number of para-hydroxylation sites is 1. The fraction of sp³-hybridized carbons (Fsp3) is 0.0741. The van der Waals surface area contributed by atoms with Crippen molar-refractivity contribution in [1.82, 2.24) is 9.55 Å². The van der Waals surface area contributed by atoms with Crippen molar-refractivity contribution in [2.75, 3.05) is 12.9 Å². The van der Waals surface area contributed by atoms with Gasteiger partial charge in [0.25, 0.3) is 0 Å². The number of imidazole rings is 1. The van der Waals surface area contributed by atoms with Crippen molar-refractivity contribution in [3.63, 3.8) is 0 Å². The van der Waals surface area contributed by atoms with Crippen LogP contribution >= 0.6 is 23.4 Å². The Morgan fingerprint density at radius 3 is 2.54 bits per heavy atom. The number of hydrogen-bond acceptors (Lipinski definition) is 6. The first kappa shape index (κ1) is 23.0. The molecular formula is C27H19ClN2O4S. The standard InChI is InChI=1S/C27H19ClN2O4S/c1-33-21-12-6-17(7-13-21)23-15-30(20-10-8-19(28)9-11-20)27(29-23)35-16-24(31)22-14-18-4-2-3-5-25(18)34-26(22)32/h2-15H,16H2,1H3. The van der Waals surface area contributed by atoms with Gasteiger partial charge >= 0.3 is 5.63 Å². The van der Waals surface area contributed by atoms with Crippen LogP contribution in [0.1, 0.15) is 10.4 Å². The van der Waals surface area contributed by atoms with E-state index in [4.69, 9.17) is 25.7 Å². The van der Waals surface area contributed by atoms with Gasteiger partial charge in [-0.2, -0.15) is 0 Å². The molecule has 0 aliphatic rings. The molecule has 0 fully saturated rings. The quantitative estimate of drug-likeness (QED) is 0.148. The largest absolute Gasteiger partial charge is 0.497 e. The maximum Gasteiger partial charge on any atom is 0.347 e.